The Morgan fingerprint density at radius 3 is 2.20 bits per heavy atom. The molecule has 0 aliphatic carbocycles. The molecule has 102 valence electrons. The van der Waals surface area contributed by atoms with Crippen LogP contribution in [-0.2, 0) is 5.41 Å². The van der Waals surface area contributed by atoms with E-state index in [9.17, 15) is 0 Å². The van der Waals surface area contributed by atoms with Crippen molar-refractivity contribution in [3.8, 4) is 11.1 Å². The summed E-state index contributed by atoms with van der Waals surface area (Å²) in [6, 6.07) is 15.1. The van der Waals surface area contributed by atoms with Gasteiger partial charge in [0.1, 0.15) is 11.8 Å². The van der Waals surface area contributed by atoms with Crippen molar-refractivity contribution in [2.75, 3.05) is 0 Å². The lowest BCUT2D eigenvalue weighted by Crippen LogP contribution is -2.10. The minimum absolute atomic E-state index is 0.191. The third-order valence-corrected chi connectivity index (χ3v) is 4.22. The molecule has 1 nitrogen and oxygen atoms in total. The van der Waals surface area contributed by atoms with E-state index < -0.39 is 0 Å². The number of furan rings is 1. The SMILES string of the molecule is CC(C)(C)c1ccc(-c2ccc3occ(Br)c3c2)cc1. The normalized spacial score (nSPS) is 12.0. The summed E-state index contributed by atoms with van der Waals surface area (Å²) in [5.41, 5.74) is 4.89. The van der Waals surface area contributed by atoms with Crippen molar-refractivity contribution < 1.29 is 4.42 Å². The number of rotatable bonds is 1. The minimum Gasteiger partial charge on any atom is -0.463 e. The molecule has 2 aromatic carbocycles. The van der Waals surface area contributed by atoms with Crippen LogP contribution in [0.4, 0.5) is 0 Å². The maximum Gasteiger partial charge on any atom is 0.135 e. The Hall–Kier alpha value is -1.54. The van der Waals surface area contributed by atoms with Gasteiger partial charge in [0.25, 0.3) is 0 Å². The molecule has 0 bridgehead atoms. The van der Waals surface area contributed by atoms with Crippen molar-refractivity contribution in [1.82, 2.24) is 0 Å². The van der Waals surface area contributed by atoms with Gasteiger partial charge < -0.3 is 4.42 Å². The summed E-state index contributed by atoms with van der Waals surface area (Å²) in [6.07, 6.45) is 1.73. The van der Waals surface area contributed by atoms with Gasteiger partial charge in [-0.25, -0.2) is 0 Å². The first-order chi connectivity index (χ1) is 9.45. The van der Waals surface area contributed by atoms with Gasteiger partial charge in [-0.15, -0.1) is 0 Å². The monoisotopic (exact) mass is 328 g/mol. The number of benzene rings is 2. The van der Waals surface area contributed by atoms with Crippen LogP contribution in [0.1, 0.15) is 26.3 Å². The maximum atomic E-state index is 5.46. The van der Waals surface area contributed by atoms with Crippen molar-refractivity contribution in [3.63, 3.8) is 0 Å². The zero-order valence-corrected chi connectivity index (χ0v) is 13.5. The summed E-state index contributed by atoms with van der Waals surface area (Å²) in [7, 11) is 0. The molecule has 0 N–H and O–H groups in total. The van der Waals surface area contributed by atoms with Crippen molar-refractivity contribution in [2.45, 2.75) is 26.2 Å². The van der Waals surface area contributed by atoms with Crippen LogP contribution in [0.3, 0.4) is 0 Å². The lowest BCUT2D eigenvalue weighted by atomic mass is 9.86. The fourth-order valence-corrected chi connectivity index (χ4v) is 2.74. The molecule has 0 amide bonds. The summed E-state index contributed by atoms with van der Waals surface area (Å²) in [4.78, 5) is 0. The van der Waals surface area contributed by atoms with E-state index in [0.717, 1.165) is 15.4 Å². The van der Waals surface area contributed by atoms with E-state index in [1.54, 1.807) is 6.26 Å². The number of fused-ring (bicyclic) bond motifs is 1. The molecule has 2 heteroatoms. The summed E-state index contributed by atoms with van der Waals surface area (Å²) in [5.74, 6) is 0. The van der Waals surface area contributed by atoms with Crippen molar-refractivity contribution in [3.05, 3.63) is 58.8 Å². The van der Waals surface area contributed by atoms with Gasteiger partial charge in [-0.05, 0) is 50.2 Å². The average molecular weight is 329 g/mol. The Morgan fingerprint density at radius 2 is 1.55 bits per heavy atom. The van der Waals surface area contributed by atoms with Gasteiger partial charge in [0, 0.05) is 5.39 Å². The molecule has 0 aliphatic rings. The van der Waals surface area contributed by atoms with Gasteiger partial charge in [-0.2, -0.15) is 0 Å². The van der Waals surface area contributed by atoms with Crippen LogP contribution < -0.4 is 0 Å². The highest BCUT2D eigenvalue weighted by molar-refractivity contribution is 9.10. The molecule has 0 unspecified atom stereocenters. The number of halogens is 1. The van der Waals surface area contributed by atoms with Crippen LogP contribution in [0.5, 0.6) is 0 Å². The molecular formula is C18H17BrO. The van der Waals surface area contributed by atoms with E-state index in [0.29, 0.717) is 0 Å². The second-order valence-corrected chi connectivity index (χ2v) is 6.98. The minimum atomic E-state index is 0.191. The lowest BCUT2D eigenvalue weighted by Gasteiger charge is -2.19. The first kappa shape index (κ1) is 13.4. The highest BCUT2D eigenvalue weighted by Crippen LogP contribution is 2.31. The Labute approximate surface area is 127 Å². The molecule has 0 saturated carbocycles. The van der Waals surface area contributed by atoms with E-state index in [-0.39, 0.29) is 5.41 Å². The molecule has 1 heterocycles. The second kappa shape index (κ2) is 4.78. The highest BCUT2D eigenvalue weighted by Gasteiger charge is 2.13. The molecular weight excluding hydrogens is 312 g/mol. The zero-order valence-electron chi connectivity index (χ0n) is 11.9. The van der Waals surface area contributed by atoms with Crippen LogP contribution in [0.2, 0.25) is 0 Å². The van der Waals surface area contributed by atoms with Gasteiger partial charge in [0.15, 0.2) is 0 Å². The molecule has 0 saturated heterocycles. The Bertz CT molecular complexity index is 745. The van der Waals surface area contributed by atoms with E-state index >= 15 is 0 Å². The molecule has 0 aliphatic heterocycles. The molecule has 3 rings (SSSR count). The van der Waals surface area contributed by atoms with Crippen molar-refractivity contribution >= 4 is 26.9 Å². The quantitative estimate of drug-likeness (QED) is 0.521. The lowest BCUT2D eigenvalue weighted by molar-refractivity contribution is 0.590. The van der Waals surface area contributed by atoms with E-state index in [2.05, 4.69) is 73.1 Å². The van der Waals surface area contributed by atoms with Crippen molar-refractivity contribution in [1.29, 1.82) is 0 Å². The number of hydrogen-bond acceptors (Lipinski definition) is 1. The summed E-state index contributed by atoms with van der Waals surface area (Å²) < 4.78 is 6.46. The zero-order chi connectivity index (χ0) is 14.3. The van der Waals surface area contributed by atoms with Crippen LogP contribution in [0, 0.1) is 0 Å². The predicted molar refractivity (Wildman–Crippen MR) is 88.1 cm³/mol. The van der Waals surface area contributed by atoms with Crippen LogP contribution in [-0.4, -0.2) is 0 Å². The number of hydrogen-bond donors (Lipinski definition) is 0. The van der Waals surface area contributed by atoms with Gasteiger partial charge >= 0.3 is 0 Å². The predicted octanol–water partition coefficient (Wildman–Crippen LogP) is 6.16. The summed E-state index contributed by atoms with van der Waals surface area (Å²) in [5, 5.41) is 1.11. The smallest absolute Gasteiger partial charge is 0.135 e. The first-order valence-corrected chi connectivity index (χ1v) is 7.52. The largest absolute Gasteiger partial charge is 0.463 e. The molecule has 0 fully saturated rings. The van der Waals surface area contributed by atoms with E-state index in [4.69, 9.17) is 4.42 Å². The third kappa shape index (κ3) is 2.40. The topological polar surface area (TPSA) is 13.1 Å². The highest BCUT2D eigenvalue weighted by atomic mass is 79.9. The molecule has 0 atom stereocenters. The maximum absolute atomic E-state index is 5.46. The Kier molecular flexibility index (Phi) is 3.21. The fraction of sp³-hybridized carbons (Fsp3) is 0.222. The van der Waals surface area contributed by atoms with Gasteiger partial charge in [-0.1, -0.05) is 51.1 Å². The standard InChI is InChI=1S/C18H17BrO/c1-18(2,3)14-7-4-12(5-8-14)13-6-9-17-15(10-13)16(19)11-20-17/h4-11H,1-3H3. The molecule has 1 aromatic heterocycles. The second-order valence-electron chi connectivity index (χ2n) is 6.12. The Balaban J connectivity index is 2.04. The van der Waals surface area contributed by atoms with Gasteiger partial charge in [-0.3, -0.25) is 0 Å². The average Bonchev–Trinajstić information content (AvgIpc) is 2.79. The van der Waals surface area contributed by atoms with Crippen LogP contribution in [0.25, 0.3) is 22.1 Å². The van der Waals surface area contributed by atoms with E-state index in [1.165, 1.54) is 16.7 Å². The molecule has 0 spiro atoms. The Morgan fingerprint density at radius 1 is 0.900 bits per heavy atom. The van der Waals surface area contributed by atoms with Crippen molar-refractivity contribution in [2.24, 2.45) is 0 Å². The molecule has 20 heavy (non-hydrogen) atoms. The van der Waals surface area contributed by atoms with Crippen LogP contribution in [0.15, 0.2) is 57.6 Å². The third-order valence-electron chi connectivity index (χ3n) is 3.61. The fourth-order valence-electron chi connectivity index (χ4n) is 2.34. The molecule has 0 radical (unpaired) electrons. The summed E-state index contributed by atoms with van der Waals surface area (Å²) >= 11 is 3.52. The van der Waals surface area contributed by atoms with Gasteiger partial charge in [0.05, 0.1) is 4.47 Å². The molecule has 3 aromatic rings. The van der Waals surface area contributed by atoms with Crippen LogP contribution >= 0.6 is 15.9 Å². The first-order valence-electron chi connectivity index (χ1n) is 6.73. The van der Waals surface area contributed by atoms with E-state index in [1.807, 2.05) is 6.07 Å². The van der Waals surface area contributed by atoms with Gasteiger partial charge in [0.2, 0.25) is 0 Å². The summed E-state index contributed by atoms with van der Waals surface area (Å²) in [6.45, 7) is 6.70.